The second kappa shape index (κ2) is 5.74. The molecule has 0 saturated carbocycles. The molecule has 0 bridgehead atoms. The van der Waals surface area contributed by atoms with E-state index in [1.807, 2.05) is 0 Å². The fourth-order valence-corrected chi connectivity index (χ4v) is 4.35. The van der Waals surface area contributed by atoms with Gasteiger partial charge in [0.2, 0.25) is 0 Å². The first-order valence-corrected chi connectivity index (χ1v) is 9.40. The van der Waals surface area contributed by atoms with Crippen molar-refractivity contribution in [3.05, 3.63) is 83.9 Å². The smallest absolute Gasteiger partial charge is 0.0422 e. The molecule has 0 amide bonds. The van der Waals surface area contributed by atoms with Crippen LogP contribution in [-0.4, -0.2) is 5.54 Å². The summed E-state index contributed by atoms with van der Waals surface area (Å²) < 4.78 is 0. The van der Waals surface area contributed by atoms with Crippen LogP contribution < -0.4 is 4.90 Å². The van der Waals surface area contributed by atoms with Crippen molar-refractivity contribution in [3.8, 4) is 11.1 Å². The molecule has 1 aliphatic carbocycles. The molecule has 1 aliphatic rings. The largest absolute Gasteiger partial charge is 0.336 e. The molecule has 0 heterocycles. The van der Waals surface area contributed by atoms with E-state index in [-0.39, 0.29) is 11.0 Å². The summed E-state index contributed by atoms with van der Waals surface area (Å²) in [5, 5.41) is 0. The Hall–Kier alpha value is -2.54. The van der Waals surface area contributed by atoms with Crippen LogP contribution in [0.4, 0.5) is 11.4 Å². The first kappa shape index (κ1) is 16.9. The molecule has 3 aromatic carbocycles. The van der Waals surface area contributed by atoms with Gasteiger partial charge in [0, 0.05) is 22.3 Å². The highest BCUT2D eigenvalue weighted by molar-refractivity contribution is 5.84. The Morgan fingerprint density at radius 1 is 0.654 bits per heavy atom. The third kappa shape index (κ3) is 2.54. The third-order valence-electron chi connectivity index (χ3n) is 5.51. The van der Waals surface area contributed by atoms with E-state index in [1.165, 1.54) is 33.6 Å². The summed E-state index contributed by atoms with van der Waals surface area (Å²) in [4.78, 5) is 2.43. The Kier molecular flexibility index (Phi) is 3.73. The van der Waals surface area contributed by atoms with Crippen molar-refractivity contribution in [1.29, 1.82) is 0 Å². The lowest BCUT2D eigenvalue weighted by molar-refractivity contribution is 0.560. The number of fused-ring (bicyclic) bond motifs is 3. The minimum Gasteiger partial charge on any atom is -0.336 e. The Balaban J connectivity index is 1.91. The molecular weight excluding hydrogens is 314 g/mol. The van der Waals surface area contributed by atoms with Crippen molar-refractivity contribution in [1.82, 2.24) is 0 Å². The number of para-hydroxylation sites is 1. The summed E-state index contributed by atoms with van der Waals surface area (Å²) in [5.74, 6) is 0. The Morgan fingerprint density at radius 3 is 1.96 bits per heavy atom. The van der Waals surface area contributed by atoms with Crippen molar-refractivity contribution in [2.75, 3.05) is 4.90 Å². The summed E-state index contributed by atoms with van der Waals surface area (Å²) >= 11 is 0. The van der Waals surface area contributed by atoms with Crippen LogP contribution >= 0.6 is 0 Å². The van der Waals surface area contributed by atoms with Gasteiger partial charge >= 0.3 is 0 Å². The van der Waals surface area contributed by atoms with E-state index < -0.39 is 0 Å². The number of hydrogen-bond acceptors (Lipinski definition) is 1. The number of nitrogens with zero attached hydrogens (tertiary/aromatic N) is 1. The first-order chi connectivity index (χ1) is 12.3. The van der Waals surface area contributed by atoms with E-state index in [0.717, 1.165) is 0 Å². The molecule has 0 unspecified atom stereocenters. The van der Waals surface area contributed by atoms with Gasteiger partial charge in [0.25, 0.3) is 0 Å². The molecule has 4 rings (SSSR count). The van der Waals surface area contributed by atoms with Gasteiger partial charge in [0.1, 0.15) is 0 Å². The highest BCUT2D eigenvalue weighted by Gasteiger charge is 2.36. The van der Waals surface area contributed by atoms with E-state index in [0.29, 0.717) is 0 Å². The normalized spacial score (nSPS) is 14.7. The molecule has 0 atom stereocenters. The van der Waals surface area contributed by atoms with Crippen LogP contribution in [0.1, 0.15) is 45.7 Å². The van der Waals surface area contributed by atoms with Crippen LogP contribution in [0.2, 0.25) is 0 Å². The lowest BCUT2D eigenvalue weighted by atomic mass is 9.82. The molecule has 0 N–H and O–H groups in total. The lowest BCUT2D eigenvalue weighted by Crippen LogP contribution is -2.37. The van der Waals surface area contributed by atoms with Gasteiger partial charge in [-0.1, -0.05) is 62.4 Å². The number of anilines is 2. The monoisotopic (exact) mass is 341 g/mol. The van der Waals surface area contributed by atoms with Crippen molar-refractivity contribution >= 4 is 11.4 Å². The molecule has 0 spiro atoms. The van der Waals surface area contributed by atoms with Gasteiger partial charge in [-0.3, -0.25) is 0 Å². The molecule has 0 aliphatic heterocycles. The van der Waals surface area contributed by atoms with Gasteiger partial charge in [-0.05, 0) is 67.3 Å². The van der Waals surface area contributed by atoms with Crippen LogP contribution in [-0.2, 0) is 5.41 Å². The minimum atomic E-state index is -0.0107. The topological polar surface area (TPSA) is 3.24 Å². The first-order valence-electron chi connectivity index (χ1n) is 9.40. The molecule has 0 saturated heterocycles. The Bertz CT molecular complexity index is 945. The fraction of sp³-hybridized carbons (Fsp3) is 0.280. The highest BCUT2D eigenvalue weighted by atomic mass is 15.2. The van der Waals surface area contributed by atoms with E-state index in [9.17, 15) is 0 Å². The molecular formula is C25H27N. The maximum absolute atomic E-state index is 2.43. The Labute approximate surface area is 157 Å². The van der Waals surface area contributed by atoms with Crippen LogP contribution in [0, 0.1) is 0 Å². The maximum atomic E-state index is 2.43. The van der Waals surface area contributed by atoms with Gasteiger partial charge in [-0.2, -0.15) is 0 Å². The average Bonchev–Trinajstić information content (AvgIpc) is 2.83. The number of hydrogen-bond donors (Lipinski definition) is 0. The zero-order chi connectivity index (χ0) is 18.5. The summed E-state index contributed by atoms with van der Waals surface area (Å²) in [5.41, 5.74) is 8.11. The molecule has 132 valence electrons. The molecule has 3 aromatic rings. The standard InChI is InChI=1S/C25H27N/c1-24(2,3)26(18-11-7-6-8-12-18)19-15-16-23-21(17-19)20-13-9-10-14-22(20)25(23,4)5/h6-17H,1-5H3. The van der Waals surface area contributed by atoms with Gasteiger partial charge in [-0.15, -0.1) is 0 Å². The highest BCUT2D eigenvalue weighted by Crippen LogP contribution is 2.50. The van der Waals surface area contributed by atoms with Crippen LogP contribution in [0.5, 0.6) is 0 Å². The Morgan fingerprint density at radius 2 is 1.27 bits per heavy atom. The summed E-state index contributed by atoms with van der Waals surface area (Å²) in [6.07, 6.45) is 0. The van der Waals surface area contributed by atoms with E-state index in [1.54, 1.807) is 0 Å². The zero-order valence-electron chi connectivity index (χ0n) is 16.4. The number of rotatable bonds is 2. The predicted octanol–water partition coefficient (Wildman–Crippen LogP) is 6.93. The number of benzene rings is 3. The summed E-state index contributed by atoms with van der Waals surface area (Å²) in [7, 11) is 0. The van der Waals surface area contributed by atoms with Crippen LogP contribution in [0.25, 0.3) is 11.1 Å². The van der Waals surface area contributed by atoms with Gasteiger partial charge in [0.15, 0.2) is 0 Å². The van der Waals surface area contributed by atoms with E-state index in [4.69, 9.17) is 0 Å². The second-order valence-corrected chi connectivity index (χ2v) is 8.74. The van der Waals surface area contributed by atoms with Gasteiger partial charge in [-0.25, -0.2) is 0 Å². The molecule has 0 aromatic heterocycles. The van der Waals surface area contributed by atoms with E-state index in [2.05, 4.69) is 112 Å². The summed E-state index contributed by atoms with van der Waals surface area (Å²) in [6.45, 7) is 11.5. The predicted molar refractivity (Wildman–Crippen MR) is 112 cm³/mol. The second-order valence-electron chi connectivity index (χ2n) is 8.74. The average molecular weight is 341 g/mol. The van der Waals surface area contributed by atoms with E-state index >= 15 is 0 Å². The zero-order valence-corrected chi connectivity index (χ0v) is 16.4. The lowest BCUT2D eigenvalue weighted by Gasteiger charge is -2.38. The molecule has 0 radical (unpaired) electrons. The fourth-order valence-electron chi connectivity index (χ4n) is 4.35. The van der Waals surface area contributed by atoms with Gasteiger partial charge in [0.05, 0.1) is 0 Å². The molecule has 26 heavy (non-hydrogen) atoms. The third-order valence-corrected chi connectivity index (χ3v) is 5.51. The van der Waals surface area contributed by atoms with Crippen molar-refractivity contribution in [2.24, 2.45) is 0 Å². The SMILES string of the molecule is CC1(C)c2ccccc2-c2cc(N(c3ccccc3)C(C)(C)C)ccc21. The van der Waals surface area contributed by atoms with Crippen LogP contribution in [0.15, 0.2) is 72.8 Å². The minimum absolute atomic E-state index is 0.0107. The summed E-state index contributed by atoms with van der Waals surface area (Å²) in [6, 6.07) is 26.5. The molecule has 1 nitrogen and oxygen atoms in total. The quantitative estimate of drug-likeness (QED) is 0.488. The van der Waals surface area contributed by atoms with Crippen molar-refractivity contribution in [2.45, 2.75) is 45.6 Å². The van der Waals surface area contributed by atoms with Crippen molar-refractivity contribution < 1.29 is 0 Å². The maximum Gasteiger partial charge on any atom is 0.0422 e. The van der Waals surface area contributed by atoms with Crippen LogP contribution in [0.3, 0.4) is 0 Å². The molecule has 0 fully saturated rings. The molecule has 1 heteroatoms. The van der Waals surface area contributed by atoms with Gasteiger partial charge < -0.3 is 4.90 Å². The van der Waals surface area contributed by atoms with Crippen molar-refractivity contribution in [3.63, 3.8) is 0 Å².